The van der Waals surface area contributed by atoms with E-state index in [4.69, 9.17) is 10.5 Å². The summed E-state index contributed by atoms with van der Waals surface area (Å²) in [5.41, 5.74) is 7.93. The zero-order valence-electron chi connectivity index (χ0n) is 12.0. The average molecular weight is 290 g/mol. The summed E-state index contributed by atoms with van der Waals surface area (Å²) in [5, 5.41) is 0. The smallest absolute Gasteiger partial charge is 0.390 e. The molecular weight excluding hydrogens is 269 g/mol. The molecule has 0 aliphatic heterocycles. The maximum Gasteiger partial charge on any atom is 0.390 e. The molecular formula is C14H21F3N2O. The summed E-state index contributed by atoms with van der Waals surface area (Å²) >= 11 is 0. The third-order valence-electron chi connectivity index (χ3n) is 3.07. The Labute approximate surface area is 117 Å². The van der Waals surface area contributed by atoms with E-state index < -0.39 is 12.6 Å². The number of methoxy groups -OCH3 is 1. The standard InChI is InChI=1S/C14H21F3N2O/c1-10-4-5-13(20-3)11(8-10)12(18)9-19(2)7-6-14(15,16)17/h4-5,8,12H,6-7,9,18H2,1-3H3. The topological polar surface area (TPSA) is 38.5 Å². The lowest BCUT2D eigenvalue weighted by molar-refractivity contribution is -0.137. The van der Waals surface area contributed by atoms with Crippen molar-refractivity contribution in [3.8, 4) is 5.75 Å². The highest BCUT2D eigenvalue weighted by Gasteiger charge is 2.27. The minimum Gasteiger partial charge on any atom is -0.496 e. The van der Waals surface area contributed by atoms with E-state index in [9.17, 15) is 13.2 Å². The van der Waals surface area contributed by atoms with Crippen molar-refractivity contribution in [2.75, 3.05) is 27.2 Å². The summed E-state index contributed by atoms with van der Waals surface area (Å²) in [7, 11) is 3.18. The Morgan fingerprint density at radius 3 is 2.55 bits per heavy atom. The van der Waals surface area contributed by atoms with Gasteiger partial charge in [-0.1, -0.05) is 17.7 Å². The highest BCUT2D eigenvalue weighted by molar-refractivity contribution is 5.39. The Balaban J connectivity index is 2.66. The number of rotatable bonds is 6. The number of ether oxygens (including phenoxy) is 1. The Morgan fingerprint density at radius 2 is 2.00 bits per heavy atom. The van der Waals surface area contributed by atoms with Gasteiger partial charge >= 0.3 is 6.18 Å². The summed E-state index contributed by atoms with van der Waals surface area (Å²) in [5.74, 6) is 0.660. The Kier molecular flexibility index (Phi) is 5.83. The number of hydrogen-bond acceptors (Lipinski definition) is 3. The Bertz CT molecular complexity index is 435. The van der Waals surface area contributed by atoms with E-state index >= 15 is 0 Å². The number of nitrogens with zero attached hydrogens (tertiary/aromatic N) is 1. The Morgan fingerprint density at radius 1 is 1.35 bits per heavy atom. The fraction of sp³-hybridized carbons (Fsp3) is 0.571. The molecule has 0 aliphatic carbocycles. The molecule has 0 bridgehead atoms. The van der Waals surface area contributed by atoms with Gasteiger partial charge in [-0.25, -0.2) is 0 Å². The van der Waals surface area contributed by atoms with Crippen molar-refractivity contribution in [3.63, 3.8) is 0 Å². The minimum atomic E-state index is -4.14. The van der Waals surface area contributed by atoms with Crippen molar-refractivity contribution in [1.82, 2.24) is 4.90 Å². The van der Waals surface area contributed by atoms with Crippen LogP contribution in [0.1, 0.15) is 23.6 Å². The first-order valence-corrected chi connectivity index (χ1v) is 6.38. The van der Waals surface area contributed by atoms with Gasteiger partial charge in [0.15, 0.2) is 0 Å². The second-order valence-electron chi connectivity index (χ2n) is 4.98. The number of aryl methyl sites for hydroxylation is 1. The second kappa shape index (κ2) is 6.95. The summed E-state index contributed by atoms with van der Waals surface area (Å²) in [6.45, 7) is 2.21. The zero-order chi connectivity index (χ0) is 15.3. The largest absolute Gasteiger partial charge is 0.496 e. The molecule has 1 unspecified atom stereocenters. The van der Waals surface area contributed by atoms with Crippen LogP contribution in [0.15, 0.2) is 18.2 Å². The van der Waals surface area contributed by atoms with E-state index in [1.165, 1.54) is 0 Å². The lowest BCUT2D eigenvalue weighted by atomic mass is 10.0. The van der Waals surface area contributed by atoms with E-state index in [0.29, 0.717) is 12.3 Å². The summed E-state index contributed by atoms with van der Waals surface area (Å²) < 4.78 is 41.7. The molecule has 0 saturated heterocycles. The summed E-state index contributed by atoms with van der Waals surface area (Å²) in [6, 6.07) is 5.24. The maximum absolute atomic E-state index is 12.2. The molecule has 0 heterocycles. The normalized spacial score (nSPS) is 13.6. The highest BCUT2D eigenvalue weighted by atomic mass is 19.4. The zero-order valence-corrected chi connectivity index (χ0v) is 12.0. The fourth-order valence-electron chi connectivity index (χ4n) is 1.99. The van der Waals surface area contributed by atoms with E-state index in [1.54, 1.807) is 19.1 Å². The second-order valence-corrected chi connectivity index (χ2v) is 4.98. The summed E-state index contributed by atoms with van der Waals surface area (Å²) in [4.78, 5) is 1.58. The number of benzene rings is 1. The molecule has 3 nitrogen and oxygen atoms in total. The molecule has 1 aromatic carbocycles. The molecule has 6 heteroatoms. The van der Waals surface area contributed by atoms with Crippen LogP contribution in [-0.2, 0) is 0 Å². The van der Waals surface area contributed by atoms with Crippen LogP contribution in [0.2, 0.25) is 0 Å². The first-order chi connectivity index (χ1) is 9.23. The van der Waals surface area contributed by atoms with Crippen LogP contribution >= 0.6 is 0 Å². The first kappa shape index (κ1) is 16.8. The van der Waals surface area contributed by atoms with Crippen LogP contribution in [0.25, 0.3) is 0 Å². The van der Waals surface area contributed by atoms with E-state index in [2.05, 4.69) is 0 Å². The molecule has 0 aromatic heterocycles. The third kappa shape index (κ3) is 5.38. The van der Waals surface area contributed by atoms with Crippen LogP contribution in [0.5, 0.6) is 5.75 Å². The van der Waals surface area contributed by atoms with Crippen LogP contribution in [-0.4, -0.2) is 38.3 Å². The molecule has 1 atom stereocenters. The lowest BCUT2D eigenvalue weighted by Crippen LogP contribution is -2.32. The predicted molar refractivity (Wildman–Crippen MR) is 72.8 cm³/mol. The predicted octanol–water partition coefficient (Wildman–Crippen LogP) is 2.89. The molecule has 0 spiro atoms. The maximum atomic E-state index is 12.2. The van der Waals surface area contributed by atoms with Gasteiger partial charge in [0.2, 0.25) is 0 Å². The van der Waals surface area contributed by atoms with Crippen molar-refractivity contribution < 1.29 is 17.9 Å². The van der Waals surface area contributed by atoms with Crippen molar-refractivity contribution in [2.45, 2.75) is 25.6 Å². The number of nitrogens with two attached hydrogens (primary N) is 1. The molecule has 20 heavy (non-hydrogen) atoms. The number of halogens is 3. The van der Waals surface area contributed by atoms with Gasteiger partial charge in [-0.05, 0) is 20.0 Å². The van der Waals surface area contributed by atoms with Crippen LogP contribution < -0.4 is 10.5 Å². The Hall–Kier alpha value is -1.27. The molecule has 0 amide bonds. The van der Waals surface area contributed by atoms with Crippen LogP contribution in [0, 0.1) is 6.92 Å². The van der Waals surface area contributed by atoms with Crippen molar-refractivity contribution in [2.24, 2.45) is 5.73 Å². The van der Waals surface area contributed by atoms with Gasteiger partial charge in [0.25, 0.3) is 0 Å². The molecule has 0 radical (unpaired) electrons. The summed E-state index contributed by atoms with van der Waals surface area (Å²) in [6.07, 6.45) is -4.97. The van der Waals surface area contributed by atoms with Crippen molar-refractivity contribution in [3.05, 3.63) is 29.3 Å². The first-order valence-electron chi connectivity index (χ1n) is 6.38. The lowest BCUT2D eigenvalue weighted by Gasteiger charge is -2.23. The molecule has 0 saturated carbocycles. The highest BCUT2D eigenvalue weighted by Crippen LogP contribution is 2.26. The van der Waals surface area contributed by atoms with E-state index in [-0.39, 0.29) is 12.6 Å². The van der Waals surface area contributed by atoms with Crippen molar-refractivity contribution in [1.29, 1.82) is 0 Å². The van der Waals surface area contributed by atoms with Gasteiger partial charge in [-0.3, -0.25) is 0 Å². The number of likely N-dealkylation sites (N-methyl/N-ethyl adjacent to an activating group) is 1. The van der Waals surface area contributed by atoms with Crippen LogP contribution in [0.4, 0.5) is 13.2 Å². The molecule has 0 fully saturated rings. The third-order valence-corrected chi connectivity index (χ3v) is 3.07. The van der Waals surface area contributed by atoms with Gasteiger partial charge < -0.3 is 15.4 Å². The minimum absolute atomic E-state index is 0.0642. The monoisotopic (exact) mass is 290 g/mol. The van der Waals surface area contributed by atoms with Crippen LogP contribution in [0.3, 0.4) is 0 Å². The quantitative estimate of drug-likeness (QED) is 0.875. The average Bonchev–Trinajstić information content (AvgIpc) is 2.35. The van der Waals surface area contributed by atoms with E-state index in [1.807, 2.05) is 25.1 Å². The number of hydrogen-bond donors (Lipinski definition) is 1. The van der Waals surface area contributed by atoms with Gasteiger partial charge in [0.05, 0.1) is 13.5 Å². The molecule has 2 N–H and O–H groups in total. The number of alkyl halides is 3. The van der Waals surface area contributed by atoms with Gasteiger partial charge in [0.1, 0.15) is 5.75 Å². The molecule has 0 aliphatic rings. The van der Waals surface area contributed by atoms with Crippen molar-refractivity contribution >= 4 is 0 Å². The van der Waals surface area contributed by atoms with Gasteiger partial charge in [0, 0.05) is 24.7 Å². The molecule has 1 rings (SSSR count). The van der Waals surface area contributed by atoms with Gasteiger partial charge in [-0.2, -0.15) is 13.2 Å². The van der Waals surface area contributed by atoms with E-state index in [0.717, 1.165) is 11.1 Å². The van der Waals surface area contributed by atoms with Gasteiger partial charge in [-0.15, -0.1) is 0 Å². The SMILES string of the molecule is COc1ccc(C)cc1C(N)CN(C)CCC(F)(F)F. The molecule has 114 valence electrons. The molecule has 1 aromatic rings. The fourth-order valence-corrected chi connectivity index (χ4v) is 1.99.